The van der Waals surface area contributed by atoms with Gasteiger partial charge in [0.25, 0.3) is 0 Å². The fourth-order valence-corrected chi connectivity index (χ4v) is 2.56. The molecule has 29 heavy (non-hydrogen) atoms. The van der Waals surface area contributed by atoms with Crippen LogP contribution in [0.4, 0.5) is 26.1 Å². The number of nitrogens with zero attached hydrogens (tertiary/aromatic N) is 2. The highest BCUT2D eigenvalue weighted by atomic mass is 19.1. The summed E-state index contributed by atoms with van der Waals surface area (Å²) in [6.45, 7) is -0.383. The van der Waals surface area contributed by atoms with Crippen LogP contribution in [0.15, 0.2) is 42.7 Å². The maximum atomic E-state index is 14.4. The third-order valence-electron chi connectivity index (χ3n) is 4.08. The Balaban J connectivity index is 1.71. The molecular formula is C20H20F2N4O3. The molecule has 2 N–H and O–H groups in total. The predicted molar refractivity (Wildman–Crippen MR) is 105 cm³/mol. The fraction of sp³-hybridized carbons (Fsp3) is 0.200. The molecule has 0 bridgehead atoms. The molecular weight excluding hydrogens is 382 g/mol. The summed E-state index contributed by atoms with van der Waals surface area (Å²) in [4.78, 5) is 8.30. The highest BCUT2D eigenvalue weighted by Crippen LogP contribution is 2.32. The van der Waals surface area contributed by atoms with Gasteiger partial charge in [0.1, 0.15) is 6.61 Å². The molecule has 152 valence electrons. The van der Waals surface area contributed by atoms with Gasteiger partial charge in [0.05, 0.1) is 32.2 Å². The molecule has 0 spiro atoms. The van der Waals surface area contributed by atoms with Crippen molar-refractivity contribution in [2.75, 3.05) is 31.9 Å². The number of hydrogen-bond donors (Lipinski definition) is 2. The van der Waals surface area contributed by atoms with Crippen LogP contribution in [0.1, 0.15) is 5.56 Å². The highest BCUT2D eigenvalue weighted by Gasteiger charge is 2.20. The van der Waals surface area contributed by atoms with E-state index in [1.165, 1.54) is 26.6 Å². The van der Waals surface area contributed by atoms with Gasteiger partial charge < -0.3 is 24.8 Å². The molecule has 1 heterocycles. The largest absolute Gasteiger partial charge is 0.494 e. The molecule has 0 saturated carbocycles. The van der Waals surface area contributed by atoms with Crippen LogP contribution < -0.4 is 24.8 Å². The first-order chi connectivity index (χ1) is 14.0. The highest BCUT2D eigenvalue weighted by molar-refractivity contribution is 5.60. The predicted octanol–water partition coefficient (Wildman–Crippen LogP) is 4.14. The molecule has 7 nitrogen and oxygen atoms in total. The van der Waals surface area contributed by atoms with Crippen LogP contribution >= 0.6 is 0 Å². The quantitative estimate of drug-likeness (QED) is 0.586. The van der Waals surface area contributed by atoms with E-state index in [0.29, 0.717) is 5.95 Å². The number of aromatic nitrogens is 2. The zero-order valence-corrected chi connectivity index (χ0v) is 16.1. The molecule has 0 unspecified atom stereocenters. The van der Waals surface area contributed by atoms with Gasteiger partial charge in [-0.2, -0.15) is 0 Å². The van der Waals surface area contributed by atoms with Crippen LogP contribution in [0.3, 0.4) is 0 Å². The summed E-state index contributed by atoms with van der Waals surface area (Å²) in [6, 6.07) is 8.72. The van der Waals surface area contributed by atoms with Crippen LogP contribution in [0, 0.1) is 11.6 Å². The van der Waals surface area contributed by atoms with E-state index in [1.54, 1.807) is 0 Å². The smallest absolute Gasteiger partial charge is 0.227 e. The summed E-state index contributed by atoms with van der Waals surface area (Å²) in [5.41, 5.74) is 1.43. The molecule has 0 aliphatic heterocycles. The van der Waals surface area contributed by atoms with Gasteiger partial charge in [0.15, 0.2) is 28.9 Å². The molecule has 0 atom stereocenters. The van der Waals surface area contributed by atoms with Crippen molar-refractivity contribution >= 4 is 17.3 Å². The van der Waals surface area contributed by atoms with E-state index in [2.05, 4.69) is 20.6 Å². The van der Waals surface area contributed by atoms with Gasteiger partial charge in [-0.05, 0) is 18.2 Å². The fourth-order valence-electron chi connectivity index (χ4n) is 2.56. The van der Waals surface area contributed by atoms with E-state index in [4.69, 9.17) is 14.2 Å². The van der Waals surface area contributed by atoms with E-state index in [1.807, 2.05) is 31.3 Å². The minimum Gasteiger partial charge on any atom is -0.494 e. The summed E-state index contributed by atoms with van der Waals surface area (Å²) in [6.07, 6.45) is 2.81. The molecule has 0 fully saturated rings. The van der Waals surface area contributed by atoms with Crippen molar-refractivity contribution in [3.05, 3.63) is 59.9 Å². The standard InChI is InChI=1S/C20H20F2N4O3/c1-23-12-5-4-6-13(7-12)26-20-24-9-14(10-25-20)29-11-15-18(21)16(27-2)8-17(28-3)19(15)22/h4-10,23H,11H2,1-3H3,(H,24,25,26). The summed E-state index contributed by atoms with van der Waals surface area (Å²) in [5.74, 6) is -1.38. The molecule has 0 amide bonds. The zero-order chi connectivity index (χ0) is 20.8. The first-order valence-corrected chi connectivity index (χ1v) is 8.64. The maximum Gasteiger partial charge on any atom is 0.227 e. The Morgan fingerprint density at radius 3 is 2.14 bits per heavy atom. The Kier molecular flexibility index (Phi) is 6.28. The minimum absolute atomic E-state index is 0.138. The van der Waals surface area contributed by atoms with Gasteiger partial charge in [-0.1, -0.05) is 6.07 Å². The van der Waals surface area contributed by atoms with Gasteiger partial charge >= 0.3 is 0 Å². The molecule has 9 heteroatoms. The lowest BCUT2D eigenvalue weighted by molar-refractivity contribution is 0.280. The Labute approximate surface area is 166 Å². The second-order valence-electron chi connectivity index (χ2n) is 5.87. The summed E-state index contributed by atoms with van der Waals surface area (Å²) in [7, 11) is 4.39. The summed E-state index contributed by atoms with van der Waals surface area (Å²) < 4.78 is 44.0. The number of hydrogen-bond acceptors (Lipinski definition) is 7. The van der Waals surface area contributed by atoms with Crippen molar-refractivity contribution in [1.82, 2.24) is 9.97 Å². The van der Waals surface area contributed by atoms with Crippen LogP contribution in [0.5, 0.6) is 17.2 Å². The number of nitrogens with one attached hydrogen (secondary N) is 2. The van der Waals surface area contributed by atoms with Gasteiger partial charge in [-0.3, -0.25) is 0 Å². The van der Waals surface area contributed by atoms with E-state index < -0.39 is 11.6 Å². The normalized spacial score (nSPS) is 10.4. The number of methoxy groups -OCH3 is 2. The van der Waals surface area contributed by atoms with Gasteiger partial charge in [-0.25, -0.2) is 18.7 Å². The third kappa shape index (κ3) is 4.63. The lowest BCUT2D eigenvalue weighted by atomic mass is 10.1. The first kappa shape index (κ1) is 20.1. The van der Waals surface area contributed by atoms with Crippen LogP contribution in [0.2, 0.25) is 0 Å². The molecule has 0 radical (unpaired) electrons. The van der Waals surface area contributed by atoms with E-state index >= 15 is 0 Å². The van der Waals surface area contributed by atoms with Gasteiger partial charge in [0, 0.05) is 24.5 Å². The SMILES string of the molecule is CNc1cccc(Nc2ncc(OCc3c(F)c(OC)cc(OC)c3F)cn2)c1. The maximum absolute atomic E-state index is 14.4. The second-order valence-corrected chi connectivity index (χ2v) is 5.87. The lowest BCUT2D eigenvalue weighted by Gasteiger charge is -2.13. The van der Waals surface area contributed by atoms with E-state index in [0.717, 1.165) is 17.4 Å². The topological polar surface area (TPSA) is 77.5 Å². The Morgan fingerprint density at radius 2 is 1.55 bits per heavy atom. The van der Waals surface area contributed by atoms with Gasteiger partial charge in [-0.15, -0.1) is 0 Å². The molecule has 3 rings (SSSR count). The van der Waals surface area contributed by atoms with Gasteiger partial charge in [0.2, 0.25) is 5.95 Å². The molecule has 2 aromatic carbocycles. The number of rotatable bonds is 8. The van der Waals surface area contributed by atoms with Crippen molar-refractivity contribution in [1.29, 1.82) is 0 Å². The molecule has 0 saturated heterocycles. The average molecular weight is 402 g/mol. The lowest BCUT2D eigenvalue weighted by Crippen LogP contribution is -2.06. The van der Waals surface area contributed by atoms with Crippen molar-refractivity contribution in [2.24, 2.45) is 0 Å². The van der Waals surface area contributed by atoms with Crippen molar-refractivity contribution in [3.63, 3.8) is 0 Å². The van der Waals surface area contributed by atoms with Crippen LogP contribution in [-0.2, 0) is 6.61 Å². The first-order valence-electron chi connectivity index (χ1n) is 8.64. The molecule has 0 aliphatic carbocycles. The number of halogens is 2. The monoisotopic (exact) mass is 402 g/mol. The van der Waals surface area contributed by atoms with E-state index in [9.17, 15) is 8.78 Å². The summed E-state index contributed by atoms with van der Waals surface area (Å²) >= 11 is 0. The van der Waals surface area contributed by atoms with Crippen molar-refractivity contribution in [3.8, 4) is 17.2 Å². The Hall–Kier alpha value is -3.62. The molecule has 0 aliphatic rings. The number of benzene rings is 2. The van der Waals surface area contributed by atoms with E-state index in [-0.39, 0.29) is 29.4 Å². The summed E-state index contributed by atoms with van der Waals surface area (Å²) in [5, 5.41) is 6.10. The van der Waals surface area contributed by atoms with Crippen molar-refractivity contribution in [2.45, 2.75) is 6.61 Å². The second kappa shape index (κ2) is 9.05. The number of ether oxygens (including phenoxy) is 3. The molecule has 3 aromatic rings. The zero-order valence-electron chi connectivity index (χ0n) is 16.1. The van der Waals surface area contributed by atoms with Crippen LogP contribution in [-0.4, -0.2) is 31.2 Å². The average Bonchev–Trinajstić information content (AvgIpc) is 2.75. The minimum atomic E-state index is -0.852. The number of anilines is 3. The molecule has 1 aromatic heterocycles. The Morgan fingerprint density at radius 1 is 0.931 bits per heavy atom. The third-order valence-corrected chi connectivity index (χ3v) is 4.08. The Bertz CT molecular complexity index is 956. The van der Waals surface area contributed by atoms with Crippen LogP contribution in [0.25, 0.3) is 0 Å². The van der Waals surface area contributed by atoms with Crippen molar-refractivity contribution < 1.29 is 23.0 Å².